The fraction of sp³-hybridized carbons (Fsp3) is 0.158. The number of nitrogens with one attached hydrogen (secondary N) is 1. The van der Waals surface area contributed by atoms with Crippen LogP contribution in [0, 0.1) is 0 Å². The maximum absolute atomic E-state index is 5.89. The number of pyridine rings is 1. The third-order valence-corrected chi connectivity index (χ3v) is 4.04. The molecule has 0 unspecified atom stereocenters. The van der Waals surface area contributed by atoms with Gasteiger partial charge in [0, 0.05) is 18.3 Å². The lowest BCUT2D eigenvalue weighted by Crippen LogP contribution is -2.19. The van der Waals surface area contributed by atoms with Gasteiger partial charge in [0.05, 0.1) is 24.1 Å². The molecule has 1 N–H and O–H groups in total. The summed E-state index contributed by atoms with van der Waals surface area (Å²) in [5.41, 5.74) is 3.09. The van der Waals surface area contributed by atoms with Crippen molar-refractivity contribution in [3.05, 3.63) is 78.7 Å². The first-order valence-corrected chi connectivity index (χ1v) is 7.97. The molecule has 4 aromatic rings. The van der Waals surface area contributed by atoms with Gasteiger partial charge in [0.1, 0.15) is 5.65 Å². The second-order valence-corrected chi connectivity index (χ2v) is 5.71. The van der Waals surface area contributed by atoms with Crippen molar-refractivity contribution >= 4 is 5.65 Å². The van der Waals surface area contributed by atoms with E-state index in [4.69, 9.17) is 4.42 Å². The molecule has 0 saturated carbocycles. The monoisotopic (exact) mass is 318 g/mol. The SMILES string of the molecule is C[C@@H](NCc1cnc2ccccn12)c1ncc(-c2ccccc2)o1. The summed E-state index contributed by atoms with van der Waals surface area (Å²) in [6.45, 7) is 2.74. The molecule has 0 aliphatic heterocycles. The predicted octanol–water partition coefficient (Wildman–Crippen LogP) is 3.84. The zero-order valence-electron chi connectivity index (χ0n) is 13.4. The Morgan fingerprint density at radius 3 is 2.75 bits per heavy atom. The van der Waals surface area contributed by atoms with E-state index in [0.29, 0.717) is 12.4 Å². The highest BCUT2D eigenvalue weighted by Crippen LogP contribution is 2.22. The van der Waals surface area contributed by atoms with Gasteiger partial charge in [0.2, 0.25) is 5.89 Å². The minimum Gasteiger partial charge on any atom is -0.439 e. The first-order chi connectivity index (χ1) is 11.8. The molecule has 3 aromatic heterocycles. The number of hydrogen-bond acceptors (Lipinski definition) is 4. The van der Waals surface area contributed by atoms with Crippen molar-refractivity contribution in [2.75, 3.05) is 0 Å². The molecule has 0 fully saturated rings. The molecule has 0 bridgehead atoms. The Balaban J connectivity index is 1.47. The van der Waals surface area contributed by atoms with E-state index in [1.54, 1.807) is 6.20 Å². The molecule has 0 aliphatic carbocycles. The Labute approximate surface area is 140 Å². The maximum atomic E-state index is 5.89. The Hall–Kier alpha value is -2.92. The summed E-state index contributed by atoms with van der Waals surface area (Å²) in [6.07, 6.45) is 5.68. The smallest absolute Gasteiger partial charge is 0.211 e. The van der Waals surface area contributed by atoms with E-state index in [1.165, 1.54) is 0 Å². The molecule has 3 heterocycles. The molecular formula is C19H18N4O. The van der Waals surface area contributed by atoms with Gasteiger partial charge in [-0.1, -0.05) is 36.4 Å². The van der Waals surface area contributed by atoms with Crippen LogP contribution in [0.5, 0.6) is 0 Å². The summed E-state index contributed by atoms with van der Waals surface area (Å²) in [7, 11) is 0. The molecule has 0 spiro atoms. The van der Waals surface area contributed by atoms with E-state index < -0.39 is 0 Å². The van der Waals surface area contributed by atoms with E-state index in [1.807, 2.05) is 67.8 Å². The van der Waals surface area contributed by atoms with E-state index >= 15 is 0 Å². The Morgan fingerprint density at radius 2 is 1.88 bits per heavy atom. The van der Waals surface area contributed by atoms with Crippen LogP contribution in [-0.4, -0.2) is 14.4 Å². The van der Waals surface area contributed by atoms with Gasteiger partial charge in [0.15, 0.2) is 5.76 Å². The number of oxazole rings is 1. The van der Waals surface area contributed by atoms with Gasteiger partial charge in [-0.25, -0.2) is 9.97 Å². The molecule has 5 heteroatoms. The van der Waals surface area contributed by atoms with Crippen molar-refractivity contribution in [3.63, 3.8) is 0 Å². The normalized spacial score (nSPS) is 12.5. The standard InChI is InChI=1S/C19H18N4O/c1-14(19-22-13-17(24-19)15-7-3-2-4-8-15)20-11-16-12-21-18-9-5-6-10-23(16)18/h2-10,12-14,20H,11H2,1H3/t14-/m1/s1. The first kappa shape index (κ1) is 14.7. The molecule has 1 aromatic carbocycles. The van der Waals surface area contributed by atoms with E-state index in [0.717, 1.165) is 22.7 Å². The van der Waals surface area contributed by atoms with E-state index in [2.05, 4.69) is 19.7 Å². The zero-order valence-corrected chi connectivity index (χ0v) is 13.4. The third-order valence-electron chi connectivity index (χ3n) is 4.04. The average Bonchev–Trinajstić information content (AvgIpc) is 3.28. The number of hydrogen-bond donors (Lipinski definition) is 1. The number of aromatic nitrogens is 3. The van der Waals surface area contributed by atoms with Crippen LogP contribution in [0.2, 0.25) is 0 Å². The van der Waals surface area contributed by atoms with Crippen LogP contribution in [0.1, 0.15) is 24.6 Å². The number of benzene rings is 1. The lowest BCUT2D eigenvalue weighted by atomic mass is 10.2. The molecule has 24 heavy (non-hydrogen) atoms. The van der Waals surface area contributed by atoms with Crippen LogP contribution < -0.4 is 5.32 Å². The van der Waals surface area contributed by atoms with Gasteiger partial charge in [-0.05, 0) is 19.1 Å². The van der Waals surface area contributed by atoms with Gasteiger partial charge in [-0.15, -0.1) is 0 Å². The summed E-state index contributed by atoms with van der Waals surface area (Å²) in [5, 5.41) is 3.44. The summed E-state index contributed by atoms with van der Waals surface area (Å²) in [6, 6.07) is 16.0. The second kappa shape index (κ2) is 6.29. The van der Waals surface area contributed by atoms with Crippen LogP contribution in [0.25, 0.3) is 17.0 Å². The van der Waals surface area contributed by atoms with Crippen LogP contribution >= 0.6 is 0 Å². The van der Waals surface area contributed by atoms with Crippen molar-refractivity contribution in [2.45, 2.75) is 19.5 Å². The number of fused-ring (bicyclic) bond motifs is 1. The quantitative estimate of drug-likeness (QED) is 0.607. The zero-order chi connectivity index (χ0) is 16.4. The van der Waals surface area contributed by atoms with Gasteiger partial charge in [-0.2, -0.15) is 0 Å². The fourth-order valence-electron chi connectivity index (χ4n) is 2.68. The molecule has 120 valence electrons. The Kier molecular flexibility index (Phi) is 3.84. The average molecular weight is 318 g/mol. The van der Waals surface area contributed by atoms with Crippen molar-refractivity contribution < 1.29 is 4.42 Å². The largest absolute Gasteiger partial charge is 0.439 e. The molecule has 5 nitrogen and oxygen atoms in total. The van der Waals surface area contributed by atoms with Crippen LogP contribution in [0.4, 0.5) is 0 Å². The molecule has 0 amide bonds. The van der Waals surface area contributed by atoms with Gasteiger partial charge in [-0.3, -0.25) is 0 Å². The lowest BCUT2D eigenvalue weighted by molar-refractivity contribution is 0.420. The topological polar surface area (TPSA) is 55.4 Å². The van der Waals surface area contributed by atoms with Crippen LogP contribution in [0.3, 0.4) is 0 Å². The minimum absolute atomic E-state index is 0.0109. The van der Waals surface area contributed by atoms with Crippen molar-refractivity contribution in [1.29, 1.82) is 0 Å². The first-order valence-electron chi connectivity index (χ1n) is 7.97. The minimum atomic E-state index is 0.0109. The van der Waals surface area contributed by atoms with Crippen molar-refractivity contribution in [1.82, 2.24) is 19.7 Å². The molecule has 0 aliphatic rings. The maximum Gasteiger partial charge on any atom is 0.211 e. The van der Waals surface area contributed by atoms with Gasteiger partial charge >= 0.3 is 0 Å². The second-order valence-electron chi connectivity index (χ2n) is 5.71. The summed E-state index contributed by atoms with van der Waals surface area (Å²) in [5.74, 6) is 1.47. The highest BCUT2D eigenvalue weighted by Gasteiger charge is 2.13. The molecular weight excluding hydrogens is 300 g/mol. The van der Waals surface area contributed by atoms with Gasteiger partial charge in [0.25, 0.3) is 0 Å². The van der Waals surface area contributed by atoms with Crippen LogP contribution in [-0.2, 0) is 6.54 Å². The highest BCUT2D eigenvalue weighted by atomic mass is 16.4. The lowest BCUT2D eigenvalue weighted by Gasteiger charge is -2.10. The Bertz CT molecular complexity index is 942. The molecule has 4 rings (SSSR count). The number of rotatable bonds is 5. The molecule has 1 atom stereocenters. The predicted molar refractivity (Wildman–Crippen MR) is 92.4 cm³/mol. The van der Waals surface area contributed by atoms with E-state index in [9.17, 15) is 0 Å². The van der Waals surface area contributed by atoms with Crippen molar-refractivity contribution in [3.8, 4) is 11.3 Å². The Morgan fingerprint density at radius 1 is 1.04 bits per heavy atom. The summed E-state index contributed by atoms with van der Waals surface area (Å²) >= 11 is 0. The summed E-state index contributed by atoms with van der Waals surface area (Å²) in [4.78, 5) is 8.80. The van der Waals surface area contributed by atoms with Gasteiger partial charge < -0.3 is 14.1 Å². The third kappa shape index (κ3) is 2.81. The highest BCUT2D eigenvalue weighted by molar-refractivity contribution is 5.55. The van der Waals surface area contributed by atoms with Crippen LogP contribution in [0.15, 0.2) is 71.5 Å². The fourth-order valence-corrected chi connectivity index (χ4v) is 2.68. The van der Waals surface area contributed by atoms with E-state index in [-0.39, 0.29) is 6.04 Å². The summed E-state index contributed by atoms with van der Waals surface area (Å²) < 4.78 is 7.97. The number of nitrogens with zero attached hydrogens (tertiary/aromatic N) is 3. The molecule has 0 saturated heterocycles. The van der Waals surface area contributed by atoms with Crippen molar-refractivity contribution in [2.24, 2.45) is 0 Å². The number of imidazole rings is 1. The molecule has 0 radical (unpaired) electrons.